The van der Waals surface area contributed by atoms with Crippen LogP contribution in [0.15, 0.2) is 60.7 Å². The molecule has 5 nitrogen and oxygen atoms in total. The molecule has 0 spiro atoms. The van der Waals surface area contributed by atoms with E-state index in [1.165, 1.54) is 0 Å². The van der Waals surface area contributed by atoms with Gasteiger partial charge in [0.25, 0.3) is 0 Å². The van der Waals surface area contributed by atoms with Gasteiger partial charge in [-0.15, -0.1) is 0 Å². The summed E-state index contributed by atoms with van der Waals surface area (Å²) < 4.78 is 16.5. The Kier molecular flexibility index (Phi) is 4.62. The fourth-order valence-electron chi connectivity index (χ4n) is 2.51. The predicted molar refractivity (Wildman–Crippen MR) is 86.7 cm³/mol. The van der Waals surface area contributed by atoms with E-state index >= 15 is 0 Å². The fraction of sp³-hybridized carbons (Fsp3) is 0.263. The highest BCUT2D eigenvalue weighted by molar-refractivity contribution is 5.90. The second-order valence-electron chi connectivity index (χ2n) is 5.84. The third-order valence-electron chi connectivity index (χ3n) is 3.93. The minimum Gasteiger partial charge on any atom is -0.452 e. The van der Waals surface area contributed by atoms with E-state index in [-0.39, 0.29) is 13.2 Å². The summed E-state index contributed by atoms with van der Waals surface area (Å²) in [6, 6.07) is 17.4. The van der Waals surface area contributed by atoms with Gasteiger partial charge in [0, 0.05) is 0 Å². The van der Waals surface area contributed by atoms with E-state index in [1.807, 2.05) is 12.1 Å². The van der Waals surface area contributed by atoms with Crippen molar-refractivity contribution in [1.29, 1.82) is 0 Å². The summed E-state index contributed by atoms with van der Waals surface area (Å²) in [7, 11) is 0. The minimum atomic E-state index is -1.02. The first-order chi connectivity index (χ1) is 11.6. The van der Waals surface area contributed by atoms with E-state index in [2.05, 4.69) is 0 Å². The van der Waals surface area contributed by atoms with Crippen LogP contribution in [-0.4, -0.2) is 36.9 Å². The van der Waals surface area contributed by atoms with Crippen LogP contribution in [0.25, 0.3) is 0 Å². The van der Waals surface area contributed by atoms with Gasteiger partial charge in [-0.3, -0.25) is 0 Å². The largest absolute Gasteiger partial charge is 0.452 e. The van der Waals surface area contributed by atoms with Crippen molar-refractivity contribution in [2.75, 3.05) is 13.2 Å². The van der Waals surface area contributed by atoms with E-state index in [4.69, 9.17) is 14.2 Å². The normalized spacial score (nSPS) is 22.8. The van der Waals surface area contributed by atoms with Crippen LogP contribution in [0.3, 0.4) is 0 Å². The van der Waals surface area contributed by atoms with E-state index in [0.29, 0.717) is 11.1 Å². The van der Waals surface area contributed by atoms with E-state index in [1.54, 1.807) is 55.5 Å². The second kappa shape index (κ2) is 6.84. The lowest BCUT2D eigenvalue weighted by Gasteiger charge is -2.29. The van der Waals surface area contributed by atoms with Gasteiger partial charge in [-0.25, -0.2) is 9.59 Å². The lowest BCUT2D eigenvalue weighted by atomic mass is 10.0. The summed E-state index contributed by atoms with van der Waals surface area (Å²) in [4.78, 5) is 24.5. The fourth-order valence-corrected chi connectivity index (χ4v) is 2.51. The lowest BCUT2D eigenvalue weighted by molar-refractivity contribution is -0.0649. The molecule has 0 aliphatic carbocycles. The molecular formula is C19H18O5. The highest BCUT2D eigenvalue weighted by Gasteiger charge is 2.46. The van der Waals surface area contributed by atoms with Crippen molar-refractivity contribution in [2.45, 2.75) is 18.6 Å². The summed E-state index contributed by atoms with van der Waals surface area (Å²) in [5, 5.41) is 0. The first-order valence-electron chi connectivity index (χ1n) is 7.71. The summed E-state index contributed by atoms with van der Waals surface area (Å²) in [5.41, 5.74) is -0.128. The van der Waals surface area contributed by atoms with Crippen molar-refractivity contribution in [1.82, 2.24) is 0 Å². The average molecular weight is 326 g/mol. The smallest absolute Gasteiger partial charge is 0.338 e. The molecule has 1 aliphatic heterocycles. The zero-order valence-corrected chi connectivity index (χ0v) is 13.3. The Morgan fingerprint density at radius 3 is 2.08 bits per heavy atom. The zero-order valence-electron chi connectivity index (χ0n) is 13.3. The molecule has 1 aliphatic rings. The Labute approximate surface area is 140 Å². The van der Waals surface area contributed by atoms with E-state index in [0.717, 1.165) is 0 Å². The number of benzene rings is 2. The molecule has 1 fully saturated rings. The van der Waals surface area contributed by atoms with Gasteiger partial charge in [-0.1, -0.05) is 36.4 Å². The van der Waals surface area contributed by atoms with Crippen molar-refractivity contribution in [2.24, 2.45) is 0 Å². The number of hydrogen-bond acceptors (Lipinski definition) is 5. The van der Waals surface area contributed by atoms with Crippen LogP contribution in [0.1, 0.15) is 27.6 Å². The molecule has 1 saturated heterocycles. The molecule has 0 amide bonds. The molecule has 0 N–H and O–H groups in total. The summed E-state index contributed by atoms with van der Waals surface area (Å²) >= 11 is 0. The summed E-state index contributed by atoms with van der Waals surface area (Å²) in [6.45, 7) is 2.08. The molecule has 2 atom stereocenters. The average Bonchev–Trinajstić information content (AvgIpc) is 2.96. The molecule has 2 unspecified atom stereocenters. The van der Waals surface area contributed by atoms with E-state index in [9.17, 15) is 9.59 Å². The molecule has 5 heteroatoms. The van der Waals surface area contributed by atoms with Crippen LogP contribution in [0.5, 0.6) is 0 Å². The van der Waals surface area contributed by atoms with Gasteiger partial charge in [0.15, 0.2) is 11.7 Å². The van der Waals surface area contributed by atoms with Crippen molar-refractivity contribution in [3.05, 3.63) is 71.8 Å². The van der Waals surface area contributed by atoms with Gasteiger partial charge in [-0.05, 0) is 31.2 Å². The highest BCUT2D eigenvalue weighted by atomic mass is 16.6. The first-order valence-corrected chi connectivity index (χ1v) is 7.71. The Bertz CT molecular complexity index is 713. The monoisotopic (exact) mass is 326 g/mol. The molecule has 0 bridgehead atoms. The van der Waals surface area contributed by atoms with Gasteiger partial charge in [0.2, 0.25) is 0 Å². The standard InChI is InChI=1S/C19H18O5/c1-19(24-18(21)15-10-6-3-7-11-15)13-22-12-16(19)23-17(20)14-8-4-2-5-9-14/h2-11,16H,12-13H2,1H3. The van der Waals surface area contributed by atoms with Gasteiger partial charge >= 0.3 is 11.9 Å². The zero-order chi connectivity index (χ0) is 17.0. The maximum Gasteiger partial charge on any atom is 0.338 e. The molecule has 0 aromatic heterocycles. The molecule has 24 heavy (non-hydrogen) atoms. The van der Waals surface area contributed by atoms with Crippen molar-refractivity contribution < 1.29 is 23.8 Å². The molecule has 0 saturated carbocycles. The Morgan fingerprint density at radius 2 is 1.50 bits per heavy atom. The summed E-state index contributed by atoms with van der Waals surface area (Å²) in [6.07, 6.45) is -0.655. The quantitative estimate of drug-likeness (QED) is 0.809. The molecule has 0 radical (unpaired) electrons. The van der Waals surface area contributed by atoms with Gasteiger partial charge in [0.05, 0.1) is 24.3 Å². The van der Waals surface area contributed by atoms with Gasteiger partial charge in [-0.2, -0.15) is 0 Å². The third kappa shape index (κ3) is 3.46. The van der Waals surface area contributed by atoms with Gasteiger partial charge < -0.3 is 14.2 Å². The number of rotatable bonds is 4. The highest BCUT2D eigenvalue weighted by Crippen LogP contribution is 2.28. The molecule has 1 heterocycles. The first kappa shape index (κ1) is 16.2. The molecule has 2 aromatic carbocycles. The van der Waals surface area contributed by atoms with Crippen molar-refractivity contribution in [3.8, 4) is 0 Å². The number of ether oxygens (including phenoxy) is 3. The molecule has 2 aromatic rings. The van der Waals surface area contributed by atoms with Crippen LogP contribution in [0.4, 0.5) is 0 Å². The van der Waals surface area contributed by atoms with Crippen molar-refractivity contribution in [3.63, 3.8) is 0 Å². The predicted octanol–water partition coefficient (Wildman–Crippen LogP) is 2.86. The topological polar surface area (TPSA) is 61.8 Å². The Balaban J connectivity index is 1.70. The maximum absolute atomic E-state index is 12.3. The molecular weight excluding hydrogens is 308 g/mol. The van der Waals surface area contributed by atoms with E-state index < -0.39 is 23.6 Å². The van der Waals surface area contributed by atoms with Gasteiger partial charge in [0.1, 0.15) is 0 Å². The van der Waals surface area contributed by atoms with Crippen LogP contribution in [0, 0.1) is 0 Å². The SMILES string of the molecule is CC1(OC(=O)c2ccccc2)COCC1OC(=O)c1ccccc1. The van der Waals surface area contributed by atoms with Crippen LogP contribution < -0.4 is 0 Å². The van der Waals surface area contributed by atoms with Crippen LogP contribution in [-0.2, 0) is 14.2 Å². The Hall–Kier alpha value is -2.66. The number of carbonyl (C=O) groups excluding carboxylic acids is 2. The van der Waals surface area contributed by atoms with Crippen LogP contribution in [0.2, 0.25) is 0 Å². The van der Waals surface area contributed by atoms with Crippen LogP contribution >= 0.6 is 0 Å². The number of hydrogen-bond donors (Lipinski definition) is 0. The number of carbonyl (C=O) groups is 2. The second-order valence-corrected chi connectivity index (χ2v) is 5.84. The molecule has 124 valence electrons. The molecule has 3 rings (SSSR count). The van der Waals surface area contributed by atoms with Crippen molar-refractivity contribution >= 4 is 11.9 Å². The lowest BCUT2D eigenvalue weighted by Crippen LogP contribution is -2.45. The summed E-state index contributed by atoms with van der Waals surface area (Å²) in [5.74, 6) is -0.933. The minimum absolute atomic E-state index is 0.179. The number of esters is 2. The third-order valence-corrected chi connectivity index (χ3v) is 3.93. The Morgan fingerprint density at radius 1 is 0.958 bits per heavy atom. The maximum atomic E-state index is 12.3.